The number of rotatable bonds is 9. The second-order valence-electron chi connectivity index (χ2n) is 11.9. The molecule has 5 nitrogen and oxygen atoms in total. The van der Waals surface area contributed by atoms with Crippen LogP contribution in [0.3, 0.4) is 0 Å². The van der Waals surface area contributed by atoms with Gasteiger partial charge in [0, 0.05) is 37.7 Å². The Hall–Kier alpha value is -2.06. The molecule has 202 valence electrons. The lowest BCUT2D eigenvalue weighted by molar-refractivity contribution is -0.0230. The van der Waals surface area contributed by atoms with Gasteiger partial charge in [0.1, 0.15) is 11.4 Å². The summed E-state index contributed by atoms with van der Waals surface area (Å²) in [6.45, 7) is 7.15. The average molecular weight is 533 g/mol. The monoisotopic (exact) mass is 532 g/mol. The van der Waals surface area contributed by atoms with Crippen LogP contribution >= 0.6 is 11.3 Å². The van der Waals surface area contributed by atoms with Gasteiger partial charge in [-0.2, -0.15) is 0 Å². The van der Waals surface area contributed by atoms with Gasteiger partial charge in [-0.3, -0.25) is 9.69 Å². The van der Waals surface area contributed by atoms with E-state index >= 15 is 0 Å². The average Bonchev–Trinajstić information content (AvgIpc) is 3.39. The topological polar surface area (TPSA) is 51.7 Å². The molecule has 0 spiro atoms. The number of halogens is 2. The molecule has 0 radical (unpaired) electrons. The minimum Gasteiger partial charge on any atom is -0.486 e. The standard InChI is InChI=1S/C29H38F2N2O3S/c1-28(2)16-21-5-4-6-22(26(21)36-28)24(34)15-20-9-7-19(8-10-20)11-13-33-14-12-25-23(17-33)32-27(37-25)35-18-29(3,30)31/h4-6,19-20H,7-18H2,1-3H3. The van der Waals surface area contributed by atoms with E-state index in [0.717, 1.165) is 86.1 Å². The van der Waals surface area contributed by atoms with Crippen molar-refractivity contribution in [2.75, 3.05) is 19.7 Å². The number of aromatic nitrogens is 1. The molecule has 1 aliphatic carbocycles. The van der Waals surface area contributed by atoms with Crippen molar-refractivity contribution in [3.05, 3.63) is 39.9 Å². The Morgan fingerprint density at radius 3 is 2.76 bits per heavy atom. The second kappa shape index (κ2) is 10.6. The smallest absolute Gasteiger partial charge is 0.278 e. The molecule has 0 amide bonds. The number of ether oxygens (including phenoxy) is 2. The molecule has 1 aromatic carbocycles. The Kier molecular flexibility index (Phi) is 7.60. The third kappa shape index (κ3) is 6.69. The molecular weight excluding hydrogens is 494 g/mol. The van der Waals surface area contributed by atoms with Crippen molar-refractivity contribution in [3.8, 4) is 10.9 Å². The quantitative estimate of drug-likeness (QED) is 0.336. The highest BCUT2D eigenvalue weighted by Crippen LogP contribution is 2.40. The van der Waals surface area contributed by atoms with Crippen molar-refractivity contribution < 1.29 is 23.0 Å². The number of carbonyl (C=O) groups excluding carboxylic acids is 1. The molecule has 3 aliphatic rings. The predicted octanol–water partition coefficient (Wildman–Crippen LogP) is 6.72. The summed E-state index contributed by atoms with van der Waals surface area (Å²) < 4.78 is 37.5. The van der Waals surface area contributed by atoms with Gasteiger partial charge in [0.2, 0.25) is 0 Å². The summed E-state index contributed by atoms with van der Waals surface area (Å²) in [5.41, 5.74) is 2.64. The number of hydrogen-bond acceptors (Lipinski definition) is 6. The highest BCUT2D eigenvalue weighted by atomic mass is 32.1. The van der Waals surface area contributed by atoms with Crippen LogP contribution in [0.1, 0.15) is 85.8 Å². The molecule has 0 saturated heterocycles. The van der Waals surface area contributed by atoms with E-state index in [2.05, 4.69) is 29.8 Å². The molecule has 1 saturated carbocycles. The third-order valence-corrected chi connectivity index (χ3v) is 8.99. The van der Waals surface area contributed by atoms with E-state index in [1.807, 2.05) is 12.1 Å². The largest absolute Gasteiger partial charge is 0.486 e. The van der Waals surface area contributed by atoms with Gasteiger partial charge in [-0.15, -0.1) is 0 Å². The Morgan fingerprint density at radius 2 is 2.00 bits per heavy atom. The van der Waals surface area contributed by atoms with Gasteiger partial charge in [-0.1, -0.05) is 36.3 Å². The van der Waals surface area contributed by atoms with Crippen LogP contribution in [-0.4, -0.2) is 46.9 Å². The molecule has 2 aliphatic heterocycles. The number of fused-ring (bicyclic) bond motifs is 2. The molecule has 3 heterocycles. The first-order chi connectivity index (χ1) is 17.5. The van der Waals surface area contributed by atoms with Gasteiger partial charge in [0.15, 0.2) is 12.4 Å². The Morgan fingerprint density at radius 1 is 1.24 bits per heavy atom. The number of thiazole rings is 1. The number of ketones is 1. The van der Waals surface area contributed by atoms with Gasteiger partial charge in [-0.05, 0) is 69.5 Å². The predicted molar refractivity (Wildman–Crippen MR) is 141 cm³/mol. The van der Waals surface area contributed by atoms with Crippen LogP contribution in [0.15, 0.2) is 18.2 Å². The third-order valence-electron chi connectivity index (χ3n) is 7.92. The molecule has 0 N–H and O–H groups in total. The van der Waals surface area contributed by atoms with Gasteiger partial charge in [0.25, 0.3) is 11.1 Å². The summed E-state index contributed by atoms with van der Waals surface area (Å²) in [7, 11) is 0. The number of nitrogens with zero attached hydrogens (tertiary/aromatic N) is 2. The fraction of sp³-hybridized carbons (Fsp3) is 0.655. The fourth-order valence-corrected chi connectivity index (χ4v) is 6.87. The number of hydrogen-bond donors (Lipinski definition) is 0. The summed E-state index contributed by atoms with van der Waals surface area (Å²) in [5.74, 6) is -0.679. The number of benzene rings is 1. The van der Waals surface area contributed by atoms with Crippen molar-refractivity contribution in [2.45, 2.75) is 90.2 Å². The lowest BCUT2D eigenvalue weighted by atomic mass is 9.78. The van der Waals surface area contributed by atoms with Crippen LogP contribution in [0.2, 0.25) is 0 Å². The van der Waals surface area contributed by atoms with Crippen LogP contribution in [0.25, 0.3) is 0 Å². The number of carbonyl (C=O) groups is 1. The maximum atomic E-state index is 13.2. The molecule has 2 aromatic rings. The van der Waals surface area contributed by atoms with Crippen molar-refractivity contribution in [2.24, 2.45) is 11.8 Å². The first kappa shape index (κ1) is 26.5. The molecule has 0 bridgehead atoms. The van der Waals surface area contributed by atoms with Crippen LogP contribution in [0.4, 0.5) is 8.78 Å². The number of para-hydroxylation sites is 1. The normalized spacial score (nSPS) is 23.3. The molecule has 8 heteroatoms. The maximum Gasteiger partial charge on any atom is 0.278 e. The van der Waals surface area contributed by atoms with Crippen LogP contribution in [0.5, 0.6) is 10.9 Å². The summed E-state index contributed by atoms with van der Waals surface area (Å²) >= 11 is 1.41. The summed E-state index contributed by atoms with van der Waals surface area (Å²) in [4.78, 5) is 21.2. The summed E-state index contributed by atoms with van der Waals surface area (Å²) in [6, 6.07) is 5.99. The molecule has 5 rings (SSSR count). The van der Waals surface area contributed by atoms with E-state index in [1.54, 1.807) is 0 Å². The summed E-state index contributed by atoms with van der Waals surface area (Å²) in [5, 5.41) is 0.358. The molecule has 1 aromatic heterocycles. The maximum absolute atomic E-state index is 13.2. The van der Waals surface area contributed by atoms with Crippen molar-refractivity contribution in [3.63, 3.8) is 0 Å². The molecule has 0 atom stereocenters. The van der Waals surface area contributed by atoms with Crippen LogP contribution in [-0.2, 0) is 19.4 Å². The Bertz CT molecular complexity index is 1120. The van der Waals surface area contributed by atoms with E-state index in [0.29, 0.717) is 23.5 Å². The SMILES string of the molecule is CC(F)(F)COc1nc2c(s1)CCN(CCC1CCC(CC(=O)c3cccc4c3OC(C)(C)C4)CC1)C2. The van der Waals surface area contributed by atoms with Gasteiger partial charge >= 0.3 is 0 Å². The minimum absolute atomic E-state index is 0.219. The van der Waals surface area contributed by atoms with Gasteiger partial charge in [0.05, 0.1) is 11.3 Å². The molecular formula is C29H38F2N2O3S. The zero-order valence-electron chi connectivity index (χ0n) is 22.2. The first-order valence-corrected chi connectivity index (χ1v) is 14.4. The fourth-order valence-electron chi connectivity index (χ4n) is 5.97. The van der Waals surface area contributed by atoms with Gasteiger partial charge < -0.3 is 9.47 Å². The lowest BCUT2D eigenvalue weighted by Crippen LogP contribution is -2.32. The van der Waals surface area contributed by atoms with E-state index in [9.17, 15) is 13.6 Å². The van der Waals surface area contributed by atoms with E-state index in [4.69, 9.17) is 9.47 Å². The molecule has 37 heavy (non-hydrogen) atoms. The van der Waals surface area contributed by atoms with Gasteiger partial charge in [-0.25, -0.2) is 13.8 Å². The second-order valence-corrected chi connectivity index (χ2v) is 12.9. The van der Waals surface area contributed by atoms with Crippen molar-refractivity contribution in [1.82, 2.24) is 9.88 Å². The minimum atomic E-state index is -2.85. The zero-order chi connectivity index (χ0) is 26.2. The molecule has 1 fully saturated rings. The van der Waals surface area contributed by atoms with E-state index in [-0.39, 0.29) is 11.4 Å². The number of Topliss-reactive ketones (excluding diaryl/α,β-unsaturated/α-hetero) is 1. The summed E-state index contributed by atoms with van der Waals surface area (Å²) in [6.07, 6.45) is 8.08. The molecule has 0 unspecified atom stereocenters. The van der Waals surface area contributed by atoms with E-state index < -0.39 is 12.5 Å². The highest BCUT2D eigenvalue weighted by molar-refractivity contribution is 7.13. The number of alkyl halides is 2. The van der Waals surface area contributed by atoms with E-state index in [1.165, 1.54) is 24.2 Å². The lowest BCUT2D eigenvalue weighted by Gasteiger charge is -2.31. The Labute approximate surface area is 222 Å². The van der Waals surface area contributed by atoms with Crippen LogP contribution < -0.4 is 9.47 Å². The van der Waals surface area contributed by atoms with Crippen molar-refractivity contribution >= 4 is 17.1 Å². The zero-order valence-corrected chi connectivity index (χ0v) is 23.0. The van der Waals surface area contributed by atoms with Crippen LogP contribution in [0, 0.1) is 11.8 Å². The van der Waals surface area contributed by atoms with Crippen molar-refractivity contribution in [1.29, 1.82) is 0 Å². The first-order valence-electron chi connectivity index (χ1n) is 13.6. The Balaban J connectivity index is 1.05. The highest BCUT2D eigenvalue weighted by Gasteiger charge is 2.34.